The molecule has 0 bridgehead atoms. The molecule has 6 heteroatoms. The van der Waals surface area contributed by atoms with Crippen molar-refractivity contribution < 1.29 is 19.4 Å². The lowest BCUT2D eigenvalue weighted by Crippen LogP contribution is -2.39. The first kappa shape index (κ1) is 14.7. The largest absolute Gasteiger partial charge is 0.389 e. The van der Waals surface area contributed by atoms with Crippen molar-refractivity contribution in [2.24, 2.45) is 0 Å². The van der Waals surface area contributed by atoms with E-state index in [-0.39, 0.29) is 25.2 Å². The maximum Gasteiger partial charge on any atom is 0.234 e. The number of hydrogen-bond donors (Lipinski definition) is 3. The molecule has 2 unspecified atom stereocenters. The summed E-state index contributed by atoms with van der Waals surface area (Å²) in [5.41, 5.74) is 0. The topological polar surface area (TPSA) is 79.8 Å². The molecule has 1 saturated carbocycles. The van der Waals surface area contributed by atoms with Gasteiger partial charge in [0.15, 0.2) is 0 Å². The van der Waals surface area contributed by atoms with Crippen molar-refractivity contribution >= 4 is 5.91 Å². The molecule has 2 fully saturated rings. The van der Waals surface area contributed by atoms with Gasteiger partial charge in [0, 0.05) is 19.2 Å². The lowest BCUT2D eigenvalue weighted by molar-refractivity contribution is -0.120. The minimum atomic E-state index is -0.588. The second-order valence-corrected chi connectivity index (χ2v) is 5.30. The molecule has 19 heavy (non-hydrogen) atoms. The van der Waals surface area contributed by atoms with Gasteiger partial charge in [-0.2, -0.15) is 0 Å². The molecule has 1 saturated heterocycles. The van der Waals surface area contributed by atoms with Gasteiger partial charge in [-0.1, -0.05) is 0 Å². The first-order valence-corrected chi connectivity index (χ1v) is 7.11. The predicted molar refractivity (Wildman–Crippen MR) is 69.8 cm³/mol. The lowest BCUT2D eigenvalue weighted by atomic mass is 10.2. The molecule has 1 amide bonds. The van der Waals surface area contributed by atoms with Crippen molar-refractivity contribution in [1.82, 2.24) is 10.6 Å². The van der Waals surface area contributed by atoms with Gasteiger partial charge in [-0.25, -0.2) is 0 Å². The fourth-order valence-corrected chi connectivity index (χ4v) is 2.03. The van der Waals surface area contributed by atoms with E-state index < -0.39 is 6.10 Å². The molecule has 0 aromatic carbocycles. The number of amides is 1. The molecule has 2 aliphatic rings. The summed E-state index contributed by atoms with van der Waals surface area (Å²) >= 11 is 0. The molecule has 1 aliphatic carbocycles. The van der Waals surface area contributed by atoms with E-state index in [2.05, 4.69) is 10.6 Å². The SMILES string of the molecule is O=C(CNCC(O)COCC1CCCO1)NC1CC1. The van der Waals surface area contributed by atoms with Gasteiger partial charge in [0.1, 0.15) is 0 Å². The van der Waals surface area contributed by atoms with E-state index in [1.54, 1.807) is 0 Å². The van der Waals surface area contributed by atoms with Gasteiger partial charge in [-0.15, -0.1) is 0 Å². The molecular formula is C13H24N2O4. The first-order chi connectivity index (χ1) is 9.24. The summed E-state index contributed by atoms with van der Waals surface area (Å²) < 4.78 is 10.8. The smallest absolute Gasteiger partial charge is 0.234 e. The minimum absolute atomic E-state index is 0.00465. The Bertz CT molecular complexity index is 278. The van der Waals surface area contributed by atoms with Crippen LogP contribution >= 0.6 is 0 Å². The molecule has 0 radical (unpaired) electrons. The third-order valence-electron chi connectivity index (χ3n) is 3.25. The third kappa shape index (κ3) is 6.33. The number of rotatable bonds is 9. The summed E-state index contributed by atoms with van der Waals surface area (Å²) in [5.74, 6) is -0.00465. The summed E-state index contributed by atoms with van der Waals surface area (Å²) in [5, 5.41) is 15.5. The number of aliphatic hydroxyl groups excluding tert-OH is 1. The van der Waals surface area contributed by atoms with Crippen LogP contribution in [0.3, 0.4) is 0 Å². The van der Waals surface area contributed by atoms with Crippen molar-refractivity contribution in [3.05, 3.63) is 0 Å². The van der Waals surface area contributed by atoms with Crippen LogP contribution in [0.5, 0.6) is 0 Å². The summed E-state index contributed by atoms with van der Waals surface area (Å²) in [7, 11) is 0. The highest BCUT2D eigenvalue weighted by Crippen LogP contribution is 2.18. The van der Waals surface area contributed by atoms with Crippen LogP contribution in [0.4, 0.5) is 0 Å². The molecule has 1 aliphatic heterocycles. The van der Waals surface area contributed by atoms with E-state index >= 15 is 0 Å². The highest BCUT2D eigenvalue weighted by Gasteiger charge is 2.22. The maximum absolute atomic E-state index is 11.4. The maximum atomic E-state index is 11.4. The zero-order valence-corrected chi connectivity index (χ0v) is 11.3. The van der Waals surface area contributed by atoms with Crippen LogP contribution in [0.1, 0.15) is 25.7 Å². The average molecular weight is 272 g/mol. The Morgan fingerprint density at radius 1 is 1.42 bits per heavy atom. The van der Waals surface area contributed by atoms with Crippen LogP contribution in [-0.2, 0) is 14.3 Å². The van der Waals surface area contributed by atoms with E-state index in [4.69, 9.17) is 9.47 Å². The first-order valence-electron chi connectivity index (χ1n) is 7.11. The zero-order chi connectivity index (χ0) is 13.5. The van der Waals surface area contributed by atoms with Gasteiger partial charge in [0.25, 0.3) is 0 Å². The number of ether oxygens (including phenoxy) is 2. The molecule has 2 rings (SSSR count). The van der Waals surface area contributed by atoms with Crippen molar-refractivity contribution in [2.45, 2.75) is 43.9 Å². The zero-order valence-electron chi connectivity index (χ0n) is 11.3. The Morgan fingerprint density at radius 2 is 2.26 bits per heavy atom. The second kappa shape index (κ2) is 7.79. The van der Waals surface area contributed by atoms with Crippen LogP contribution in [0.25, 0.3) is 0 Å². The van der Waals surface area contributed by atoms with Gasteiger partial charge in [-0.05, 0) is 25.7 Å². The fraction of sp³-hybridized carbons (Fsp3) is 0.923. The molecule has 110 valence electrons. The minimum Gasteiger partial charge on any atom is -0.389 e. The van der Waals surface area contributed by atoms with E-state index in [1.807, 2.05) is 0 Å². The molecule has 0 spiro atoms. The molecule has 0 aromatic rings. The monoisotopic (exact) mass is 272 g/mol. The third-order valence-corrected chi connectivity index (χ3v) is 3.25. The summed E-state index contributed by atoms with van der Waals surface area (Å²) in [4.78, 5) is 11.4. The van der Waals surface area contributed by atoms with Gasteiger partial charge in [0.05, 0.1) is 32.0 Å². The van der Waals surface area contributed by atoms with Gasteiger partial charge in [-0.3, -0.25) is 4.79 Å². The number of carbonyl (C=O) groups is 1. The van der Waals surface area contributed by atoms with E-state index in [0.717, 1.165) is 32.3 Å². The number of hydrogen-bond acceptors (Lipinski definition) is 5. The van der Waals surface area contributed by atoms with E-state index in [9.17, 15) is 9.90 Å². The summed E-state index contributed by atoms with van der Waals surface area (Å²) in [6.45, 7) is 2.24. The van der Waals surface area contributed by atoms with Crippen molar-refractivity contribution in [3.63, 3.8) is 0 Å². The quantitative estimate of drug-likeness (QED) is 0.523. The molecule has 6 nitrogen and oxygen atoms in total. The van der Waals surface area contributed by atoms with Gasteiger partial charge >= 0.3 is 0 Å². The van der Waals surface area contributed by atoms with Gasteiger partial charge < -0.3 is 25.2 Å². The Kier molecular flexibility index (Phi) is 6.03. The molecule has 0 aromatic heterocycles. The highest BCUT2D eigenvalue weighted by molar-refractivity contribution is 5.78. The van der Waals surface area contributed by atoms with E-state index in [1.165, 1.54) is 0 Å². The number of aliphatic hydroxyl groups is 1. The van der Waals surface area contributed by atoms with Crippen LogP contribution in [-0.4, -0.2) is 62.2 Å². The Labute approximate surface area is 113 Å². The van der Waals surface area contributed by atoms with Crippen LogP contribution in [0, 0.1) is 0 Å². The van der Waals surface area contributed by atoms with E-state index in [0.29, 0.717) is 19.2 Å². The van der Waals surface area contributed by atoms with Crippen molar-refractivity contribution in [2.75, 3.05) is 32.9 Å². The normalized spacial score (nSPS) is 24.4. The highest BCUT2D eigenvalue weighted by atomic mass is 16.5. The fourth-order valence-electron chi connectivity index (χ4n) is 2.03. The van der Waals surface area contributed by atoms with Crippen LogP contribution in [0.15, 0.2) is 0 Å². The molecular weight excluding hydrogens is 248 g/mol. The number of nitrogens with one attached hydrogen (secondary N) is 2. The van der Waals surface area contributed by atoms with Gasteiger partial charge in [0.2, 0.25) is 5.91 Å². The Morgan fingerprint density at radius 3 is 2.95 bits per heavy atom. The Hall–Kier alpha value is -0.690. The van der Waals surface area contributed by atoms with Crippen LogP contribution in [0.2, 0.25) is 0 Å². The van der Waals surface area contributed by atoms with Crippen LogP contribution < -0.4 is 10.6 Å². The lowest BCUT2D eigenvalue weighted by Gasteiger charge is -2.14. The molecule has 1 heterocycles. The molecule has 3 N–H and O–H groups in total. The second-order valence-electron chi connectivity index (χ2n) is 5.30. The average Bonchev–Trinajstić information content (AvgIpc) is 3.03. The van der Waals surface area contributed by atoms with Crippen molar-refractivity contribution in [1.29, 1.82) is 0 Å². The van der Waals surface area contributed by atoms with Crippen molar-refractivity contribution in [3.8, 4) is 0 Å². The standard InChI is InChI=1S/C13H24N2O4/c16-11(8-18-9-12-2-1-5-19-12)6-14-7-13(17)15-10-3-4-10/h10-12,14,16H,1-9H2,(H,15,17). The number of carbonyl (C=O) groups excluding carboxylic acids is 1. The molecule has 2 atom stereocenters. The summed E-state index contributed by atoms with van der Waals surface area (Å²) in [6, 6.07) is 0.383. The summed E-state index contributed by atoms with van der Waals surface area (Å²) in [6.07, 6.45) is 3.90. The predicted octanol–water partition coefficient (Wildman–Crippen LogP) is -0.589. The Balaban J connectivity index is 1.42.